The quantitative estimate of drug-likeness (QED) is 0.779. The summed E-state index contributed by atoms with van der Waals surface area (Å²) < 4.78 is 5.99. The number of fused-ring (bicyclic) bond motifs is 2. The molecule has 6 nitrogen and oxygen atoms in total. The third-order valence-corrected chi connectivity index (χ3v) is 5.02. The third-order valence-electron chi connectivity index (χ3n) is 5.02. The number of carbonyl (C=O) groups excluding carboxylic acids is 1. The summed E-state index contributed by atoms with van der Waals surface area (Å²) in [5.74, 6) is 1.87. The summed E-state index contributed by atoms with van der Waals surface area (Å²) >= 11 is 0. The molecule has 3 heterocycles. The van der Waals surface area contributed by atoms with Crippen LogP contribution in [0.25, 0.3) is 0 Å². The lowest BCUT2D eigenvalue weighted by atomic mass is 9.86. The van der Waals surface area contributed by atoms with Crippen LogP contribution in [-0.4, -0.2) is 39.9 Å². The minimum atomic E-state index is -0.333. The molecule has 0 aliphatic carbocycles. The van der Waals surface area contributed by atoms with Gasteiger partial charge in [-0.25, -0.2) is 9.97 Å². The molecule has 2 aromatic carbocycles. The van der Waals surface area contributed by atoms with E-state index < -0.39 is 0 Å². The molecule has 3 aromatic rings. The second-order valence-electron chi connectivity index (χ2n) is 6.77. The molecule has 0 atom stereocenters. The lowest BCUT2D eigenvalue weighted by Crippen LogP contribution is -2.58. The zero-order chi connectivity index (χ0) is 18.2. The molecule has 0 bridgehead atoms. The lowest BCUT2D eigenvalue weighted by Gasteiger charge is -2.42. The van der Waals surface area contributed by atoms with Crippen molar-refractivity contribution in [2.75, 3.05) is 18.4 Å². The number of anilines is 1. The van der Waals surface area contributed by atoms with Crippen LogP contribution >= 0.6 is 0 Å². The molecule has 134 valence electrons. The van der Waals surface area contributed by atoms with Gasteiger partial charge in [-0.05, 0) is 18.2 Å². The fourth-order valence-electron chi connectivity index (χ4n) is 3.66. The summed E-state index contributed by atoms with van der Waals surface area (Å²) in [5.41, 5.74) is 1.84. The molecule has 1 aromatic heterocycles. The standard InChI is InChI=1S/C21H18N4O2/c26-20(25-12-14(13-25)24-21-22-10-5-11-23-21)19-15-6-1-3-8-17(15)27-18-9-4-2-7-16(18)19/h1-11,14,19H,12-13H2,(H,22,23,24). The smallest absolute Gasteiger partial charge is 0.235 e. The van der Waals surface area contributed by atoms with Crippen LogP contribution in [0.1, 0.15) is 17.0 Å². The zero-order valence-electron chi connectivity index (χ0n) is 14.6. The predicted octanol–water partition coefficient (Wildman–Crippen LogP) is 3.04. The van der Waals surface area contributed by atoms with Crippen molar-refractivity contribution in [2.24, 2.45) is 0 Å². The van der Waals surface area contributed by atoms with E-state index in [2.05, 4.69) is 15.3 Å². The van der Waals surface area contributed by atoms with Crippen LogP contribution < -0.4 is 10.1 Å². The molecule has 1 amide bonds. The number of hydrogen-bond donors (Lipinski definition) is 1. The highest BCUT2D eigenvalue weighted by atomic mass is 16.5. The first-order valence-electron chi connectivity index (χ1n) is 8.97. The van der Waals surface area contributed by atoms with Gasteiger partial charge in [0.25, 0.3) is 0 Å². The van der Waals surface area contributed by atoms with Crippen molar-refractivity contribution >= 4 is 11.9 Å². The third kappa shape index (κ3) is 2.79. The van der Waals surface area contributed by atoms with Gasteiger partial charge in [-0.2, -0.15) is 0 Å². The minimum absolute atomic E-state index is 0.102. The van der Waals surface area contributed by atoms with E-state index in [0.29, 0.717) is 19.0 Å². The maximum absolute atomic E-state index is 13.3. The highest BCUT2D eigenvalue weighted by Gasteiger charge is 2.39. The first-order valence-corrected chi connectivity index (χ1v) is 8.97. The van der Waals surface area contributed by atoms with Crippen molar-refractivity contribution < 1.29 is 9.53 Å². The normalized spacial score (nSPS) is 15.9. The lowest BCUT2D eigenvalue weighted by molar-refractivity contribution is -0.136. The molecule has 0 saturated carbocycles. The molecule has 1 fully saturated rings. The number of amides is 1. The average molecular weight is 358 g/mol. The predicted molar refractivity (Wildman–Crippen MR) is 101 cm³/mol. The first kappa shape index (κ1) is 15.8. The molecular weight excluding hydrogens is 340 g/mol. The number of likely N-dealkylation sites (tertiary alicyclic amines) is 1. The molecule has 1 N–H and O–H groups in total. The number of aromatic nitrogens is 2. The largest absolute Gasteiger partial charge is 0.457 e. The fraction of sp³-hybridized carbons (Fsp3) is 0.190. The SMILES string of the molecule is O=C(C1c2ccccc2Oc2ccccc21)N1CC(Nc2ncccn2)C1. The van der Waals surface area contributed by atoms with Crippen LogP contribution in [0.15, 0.2) is 67.0 Å². The summed E-state index contributed by atoms with van der Waals surface area (Å²) in [6.45, 7) is 1.28. The number of benzene rings is 2. The Morgan fingerprint density at radius 3 is 2.15 bits per heavy atom. The summed E-state index contributed by atoms with van der Waals surface area (Å²) in [6, 6.07) is 17.5. The van der Waals surface area contributed by atoms with Gasteiger partial charge in [0.15, 0.2) is 0 Å². The Morgan fingerprint density at radius 1 is 0.926 bits per heavy atom. The van der Waals surface area contributed by atoms with Crippen LogP contribution in [0, 0.1) is 0 Å². The molecule has 0 spiro atoms. The Bertz CT molecular complexity index is 941. The van der Waals surface area contributed by atoms with E-state index in [-0.39, 0.29) is 17.9 Å². The van der Waals surface area contributed by atoms with E-state index in [1.165, 1.54) is 0 Å². The van der Waals surface area contributed by atoms with E-state index in [0.717, 1.165) is 22.6 Å². The first-order chi connectivity index (χ1) is 13.3. The van der Waals surface area contributed by atoms with Gasteiger partial charge in [-0.15, -0.1) is 0 Å². The average Bonchev–Trinajstić information content (AvgIpc) is 2.69. The Kier molecular flexibility index (Phi) is 3.74. The second kappa shape index (κ2) is 6.39. The topological polar surface area (TPSA) is 67.3 Å². The van der Waals surface area contributed by atoms with Gasteiger partial charge in [0.2, 0.25) is 11.9 Å². The number of ether oxygens (including phenoxy) is 1. The zero-order valence-corrected chi connectivity index (χ0v) is 14.6. The highest BCUT2D eigenvalue weighted by Crippen LogP contribution is 2.45. The molecular formula is C21H18N4O2. The number of nitrogens with one attached hydrogen (secondary N) is 1. The van der Waals surface area contributed by atoms with E-state index in [9.17, 15) is 4.79 Å². The maximum Gasteiger partial charge on any atom is 0.235 e. The maximum atomic E-state index is 13.3. The van der Waals surface area contributed by atoms with Crippen LogP contribution in [0.2, 0.25) is 0 Å². The Labute approximate surface area is 156 Å². The van der Waals surface area contributed by atoms with Crippen LogP contribution in [0.5, 0.6) is 11.5 Å². The molecule has 0 radical (unpaired) electrons. The van der Waals surface area contributed by atoms with Crippen molar-refractivity contribution in [1.82, 2.24) is 14.9 Å². The Balaban J connectivity index is 1.37. The fourth-order valence-corrected chi connectivity index (χ4v) is 3.66. The van der Waals surface area contributed by atoms with Gasteiger partial charge < -0.3 is 15.0 Å². The van der Waals surface area contributed by atoms with Gasteiger partial charge in [-0.3, -0.25) is 4.79 Å². The van der Waals surface area contributed by atoms with E-state index in [4.69, 9.17) is 4.74 Å². The molecule has 2 aliphatic rings. The molecule has 0 unspecified atom stereocenters. The van der Waals surface area contributed by atoms with Crippen molar-refractivity contribution in [1.29, 1.82) is 0 Å². The van der Waals surface area contributed by atoms with Crippen LogP contribution in [0.3, 0.4) is 0 Å². The van der Waals surface area contributed by atoms with Gasteiger partial charge in [0.05, 0.1) is 12.0 Å². The Hall–Kier alpha value is -3.41. The van der Waals surface area contributed by atoms with Crippen molar-refractivity contribution in [2.45, 2.75) is 12.0 Å². The molecule has 27 heavy (non-hydrogen) atoms. The van der Waals surface area contributed by atoms with Crippen LogP contribution in [0.4, 0.5) is 5.95 Å². The molecule has 6 heteroatoms. The monoisotopic (exact) mass is 358 g/mol. The van der Waals surface area contributed by atoms with Gasteiger partial charge in [-0.1, -0.05) is 36.4 Å². The Morgan fingerprint density at radius 2 is 1.52 bits per heavy atom. The highest BCUT2D eigenvalue weighted by molar-refractivity contribution is 5.90. The van der Waals surface area contributed by atoms with Gasteiger partial charge in [0, 0.05) is 36.6 Å². The molecule has 2 aliphatic heterocycles. The minimum Gasteiger partial charge on any atom is -0.457 e. The number of carbonyl (C=O) groups is 1. The number of para-hydroxylation sites is 2. The van der Waals surface area contributed by atoms with Gasteiger partial charge in [0.1, 0.15) is 11.5 Å². The van der Waals surface area contributed by atoms with Crippen molar-refractivity contribution in [3.63, 3.8) is 0 Å². The van der Waals surface area contributed by atoms with Gasteiger partial charge >= 0.3 is 0 Å². The number of nitrogens with zero attached hydrogens (tertiary/aromatic N) is 3. The summed E-state index contributed by atoms with van der Waals surface area (Å²) in [4.78, 5) is 23.5. The van der Waals surface area contributed by atoms with Crippen molar-refractivity contribution in [3.05, 3.63) is 78.1 Å². The molecule has 5 rings (SSSR count). The van der Waals surface area contributed by atoms with Crippen LogP contribution in [-0.2, 0) is 4.79 Å². The summed E-state index contributed by atoms with van der Waals surface area (Å²) in [7, 11) is 0. The number of hydrogen-bond acceptors (Lipinski definition) is 5. The number of rotatable bonds is 3. The molecule has 1 saturated heterocycles. The summed E-state index contributed by atoms with van der Waals surface area (Å²) in [6.07, 6.45) is 3.40. The second-order valence-corrected chi connectivity index (χ2v) is 6.77. The van der Waals surface area contributed by atoms with E-state index in [1.54, 1.807) is 18.5 Å². The van der Waals surface area contributed by atoms with E-state index >= 15 is 0 Å². The van der Waals surface area contributed by atoms with E-state index in [1.807, 2.05) is 53.4 Å². The summed E-state index contributed by atoms with van der Waals surface area (Å²) in [5, 5.41) is 3.26. The van der Waals surface area contributed by atoms with Crippen molar-refractivity contribution in [3.8, 4) is 11.5 Å².